The summed E-state index contributed by atoms with van der Waals surface area (Å²) in [6.45, 7) is -0.806. The van der Waals surface area contributed by atoms with Crippen LogP contribution in [0.1, 0.15) is 21.7 Å². The van der Waals surface area contributed by atoms with Gasteiger partial charge in [-0.05, 0) is 0 Å². The normalized spacial score (nSPS) is 12.3. The molecule has 0 aromatic carbocycles. The van der Waals surface area contributed by atoms with E-state index < -0.39 is 47.8 Å². The zero-order chi connectivity index (χ0) is 15.7. The van der Waals surface area contributed by atoms with E-state index in [1.807, 2.05) is 0 Å². The molecule has 0 saturated heterocycles. The van der Waals surface area contributed by atoms with E-state index in [0.29, 0.717) is 0 Å². The van der Waals surface area contributed by atoms with Gasteiger partial charge in [0.05, 0.1) is 5.69 Å². The summed E-state index contributed by atoms with van der Waals surface area (Å²) in [5.74, 6) is -3.46. The van der Waals surface area contributed by atoms with Gasteiger partial charge in [0, 0.05) is 12.6 Å². The van der Waals surface area contributed by atoms with Crippen LogP contribution in [0.15, 0.2) is 6.07 Å². The van der Waals surface area contributed by atoms with E-state index in [9.17, 15) is 31.1 Å². The number of aromatic nitrogens is 1. The number of halogens is 6. The molecule has 11 heteroatoms. The van der Waals surface area contributed by atoms with Crippen LogP contribution in [0.5, 0.6) is 5.75 Å². The smallest absolute Gasteiger partial charge is 0.477 e. The molecule has 0 saturated carbocycles. The molecular weight excluding hydrogens is 298 g/mol. The first-order valence-electron chi connectivity index (χ1n) is 4.76. The molecule has 1 aromatic heterocycles. The molecule has 1 rings (SSSR count). The fraction of sp³-hybridized carbons (Fsp3) is 0.333. The SMILES string of the molecule is NCc1nc(C(F)(F)F)cc(OC(F)(F)F)c1C(=O)O. The standard InChI is InChI=1S/C9H6F6N2O3/c10-8(11,12)5-1-4(20-9(13,14)15)6(7(18)19)3(2-16)17-5/h1H,2,16H2,(H,18,19). The van der Waals surface area contributed by atoms with Crippen molar-refractivity contribution in [1.82, 2.24) is 4.98 Å². The number of hydrogen-bond donors (Lipinski definition) is 2. The summed E-state index contributed by atoms with van der Waals surface area (Å²) in [4.78, 5) is 13.7. The van der Waals surface area contributed by atoms with Crippen LogP contribution in [-0.4, -0.2) is 22.4 Å². The van der Waals surface area contributed by atoms with Crippen LogP contribution in [0.25, 0.3) is 0 Å². The molecule has 3 N–H and O–H groups in total. The van der Waals surface area contributed by atoms with Crippen molar-refractivity contribution >= 4 is 5.97 Å². The van der Waals surface area contributed by atoms with Crippen molar-refractivity contribution < 1.29 is 41.0 Å². The highest BCUT2D eigenvalue weighted by molar-refractivity contribution is 5.92. The van der Waals surface area contributed by atoms with E-state index in [4.69, 9.17) is 10.8 Å². The van der Waals surface area contributed by atoms with E-state index in [1.165, 1.54) is 0 Å². The molecule has 20 heavy (non-hydrogen) atoms. The van der Waals surface area contributed by atoms with Crippen molar-refractivity contribution in [2.45, 2.75) is 19.1 Å². The predicted octanol–water partition coefficient (Wildman–Crippen LogP) is 2.16. The van der Waals surface area contributed by atoms with Crippen LogP contribution in [0.2, 0.25) is 0 Å². The van der Waals surface area contributed by atoms with Gasteiger partial charge in [0.15, 0.2) is 0 Å². The summed E-state index contributed by atoms with van der Waals surface area (Å²) in [5, 5.41) is 8.74. The third-order valence-electron chi connectivity index (χ3n) is 1.98. The molecule has 0 aliphatic rings. The van der Waals surface area contributed by atoms with Gasteiger partial charge in [-0.15, -0.1) is 13.2 Å². The first kappa shape index (κ1) is 16.0. The van der Waals surface area contributed by atoms with Gasteiger partial charge in [-0.25, -0.2) is 9.78 Å². The minimum atomic E-state index is -5.36. The van der Waals surface area contributed by atoms with E-state index >= 15 is 0 Å². The second kappa shape index (κ2) is 5.15. The molecule has 112 valence electrons. The fourth-order valence-electron chi connectivity index (χ4n) is 1.30. The van der Waals surface area contributed by atoms with Crippen molar-refractivity contribution in [2.75, 3.05) is 0 Å². The second-order valence-corrected chi connectivity index (χ2v) is 3.38. The first-order chi connectivity index (χ1) is 8.95. The highest BCUT2D eigenvalue weighted by Crippen LogP contribution is 2.35. The lowest BCUT2D eigenvalue weighted by Gasteiger charge is -2.16. The lowest BCUT2D eigenvalue weighted by atomic mass is 10.1. The third kappa shape index (κ3) is 3.73. The largest absolute Gasteiger partial charge is 0.573 e. The van der Waals surface area contributed by atoms with Crippen LogP contribution in [0.4, 0.5) is 26.3 Å². The average molecular weight is 304 g/mol. The third-order valence-corrected chi connectivity index (χ3v) is 1.98. The van der Waals surface area contributed by atoms with Crippen LogP contribution in [0.3, 0.4) is 0 Å². The molecule has 1 heterocycles. The quantitative estimate of drug-likeness (QED) is 0.836. The van der Waals surface area contributed by atoms with Crippen LogP contribution in [-0.2, 0) is 12.7 Å². The molecule has 1 aromatic rings. The van der Waals surface area contributed by atoms with Gasteiger partial charge in [-0.1, -0.05) is 0 Å². The fourth-order valence-corrected chi connectivity index (χ4v) is 1.30. The summed E-state index contributed by atoms with van der Waals surface area (Å²) in [5.41, 5.74) is 1.23. The van der Waals surface area contributed by atoms with Crippen molar-refractivity contribution in [1.29, 1.82) is 0 Å². The molecule has 0 unspecified atom stereocenters. The van der Waals surface area contributed by atoms with Gasteiger partial charge in [-0.3, -0.25) is 0 Å². The zero-order valence-electron chi connectivity index (χ0n) is 9.34. The number of carbonyl (C=O) groups is 1. The number of aromatic carboxylic acids is 1. The van der Waals surface area contributed by atoms with Crippen molar-refractivity contribution in [3.63, 3.8) is 0 Å². The Morgan fingerprint density at radius 2 is 1.85 bits per heavy atom. The Morgan fingerprint density at radius 3 is 2.20 bits per heavy atom. The Morgan fingerprint density at radius 1 is 1.30 bits per heavy atom. The van der Waals surface area contributed by atoms with Gasteiger partial charge in [0.2, 0.25) is 0 Å². The Bertz CT molecular complexity index is 526. The topological polar surface area (TPSA) is 85.4 Å². The Labute approximate surface area is 107 Å². The van der Waals surface area contributed by atoms with Crippen LogP contribution in [0, 0.1) is 0 Å². The Hall–Kier alpha value is -2.04. The van der Waals surface area contributed by atoms with Gasteiger partial charge in [-0.2, -0.15) is 13.2 Å². The number of ether oxygens (including phenoxy) is 1. The molecular formula is C9H6F6N2O3. The average Bonchev–Trinajstić information content (AvgIpc) is 2.23. The number of carboxylic acids is 1. The van der Waals surface area contributed by atoms with Crippen molar-refractivity contribution in [3.8, 4) is 5.75 Å². The Balaban J connectivity index is 3.54. The number of alkyl halides is 6. The molecule has 5 nitrogen and oxygen atoms in total. The minimum absolute atomic E-state index is 0.143. The molecule has 0 spiro atoms. The van der Waals surface area contributed by atoms with Gasteiger partial charge < -0.3 is 15.6 Å². The first-order valence-corrected chi connectivity index (χ1v) is 4.76. The van der Waals surface area contributed by atoms with Crippen LogP contribution >= 0.6 is 0 Å². The molecule has 0 fully saturated rings. The van der Waals surface area contributed by atoms with Gasteiger partial charge >= 0.3 is 18.5 Å². The maximum atomic E-state index is 12.5. The van der Waals surface area contributed by atoms with Crippen LogP contribution < -0.4 is 10.5 Å². The number of nitrogens with two attached hydrogens (primary N) is 1. The molecule has 0 aliphatic carbocycles. The highest BCUT2D eigenvalue weighted by atomic mass is 19.4. The second-order valence-electron chi connectivity index (χ2n) is 3.38. The maximum Gasteiger partial charge on any atom is 0.573 e. The van der Waals surface area contributed by atoms with E-state index in [2.05, 4.69) is 9.72 Å². The number of rotatable bonds is 3. The zero-order valence-corrected chi connectivity index (χ0v) is 9.34. The Kier molecular flexibility index (Phi) is 4.12. The molecule has 0 aliphatic heterocycles. The van der Waals surface area contributed by atoms with Gasteiger partial charge in [0.1, 0.15) is 17.0 Å². The van der Waals surface area contributed by atoms with E-state index in [0.717, 1.165) is 0 Å². The maximum absolute atomic E-state index is 12.5. The molecule has 0 bridgehead atoms. The summed E-state index contributed by atoms with van der Waals surface area (Å²) >= 11 is 0. The van der Waals surface area contributed by atoms with Gasteiger partial charge in [0.25, 0.3) is 0 Å². The summed E-state index contributed by atoms with van der Waals surface area (Å²) in [6.07, 6.45) is -10.4. The monoisotopic (exact) mass is 304 g/mol. The molecule has 0 atom stereocenters. The summed E-state index contributed by atoms with van der Waals surface area (Å²) < 4.78 is 77.0. The van der Waals surface area contributed by atoms with Crippen molar-refractivity contribution in [3.05, 3.63) is 23.0 Å². The molecule has 0 radical (unpaired) electrons. The highest BCUT2D eigenvalue weighted by Gasteiger charge is 2.38. The van der Waals surface area contributed by atoms with Crippen molar-refractivity contribution in [2.24, 2.45) is 5.73 Å². The number of carboxylic acid groups (broad SMARTS) is 1. The lowest BCUT2D eigenvalue weighted by molar-refractivity contribution is -0.275. The summed E-state index contributed by atoms with van der Waals surface area (Å²) in [6, 6.07) is -0.143. The minimum Gasteiger partial charge on any atom is -0.477 e. The number of pyridine rings is 1. The van der Waals surface area contributed by atoms with E-state index in [1.54, 1.807) is 0 Å². The lowest BCUT2D eigenvalue weighted by Crippen LogP contribution is -2.22. The van der Waals surface area contributed by atoms with E-state index in [-0.39, 0.29) is 6.07 Å². The number of nitrogens with zero attached hydrogens (tertiary/aromatic N) is 1. The molecule has 0 amide bonds. The summed E-state index contributed by atoms with van der Waals surface area (Å²) in [7, 11) is 0. The predicted molar refractivity (Wildman–Crippen MR) is 50.8 cm³/mol. The number of hydrogen-bond acceptors (Lipinski definition) is 4.